The van der Waals surface area contributed by atoms with Crippen LogP contribution in [0.1, 0.15) is 13.3 Å². The van der Waals surface area contributed by atoms with Gasteiger partial charge in [0.1, 0.15) is 25.1 Å². The highest BCUT2D eigenvalue weighted by molar-refractivity contribution is 5.92. The number of aliphatic hydroxyl groups excluding tert-OH is 1. The van der Waals surface area contributed by atoms with Gasteiger partial charge in [-0.25, -0.2) is 9.59 Å². The molecule has 29 heavy (non-hydrogen) atoms. The summed E-state index contributed by atoms with van der Waals surface area (Å²) in [5.74, 6) is -3.59. The molecule has 5 unspecified atom stereocenters. The Labute approximate surface area is 168 Å². The predicted molar refractivity (Wildman–Crippen MR) is 101 cm³/mol. The van der Waals surface area contributed by atoms with Crippen molar-refractivity contribution in [2.75, 3.05) is 13.2 Å². The molecule has 1 saturated carbocycles. The predicted octanol–water partition coefficient (Wildman–Crippen LogP) is 1.05. The first kappa shape index (κ1) is 22.3. The third kappa shape index (κ3) is 4.07. The monoisotopic (exact) mass is 404 g/mol. The summed E-state index contributed by atoms with van der Waals surface area (Å²) < 4.78 is 16.2. The van der Waals surface area contributed by atoms with E-state index < -0.39 is 54.0 Å². The van der Waals surface area contributed by atoms with Crippen LogP contribution in [0.4, 0.5) is 0 Å². The van der Waals surface area contributed by atoms with Gasteiger partial charge in [-0.05, 0) is 12.0 Å². The Morgan fingerprint density at radius 2 is 2.03 bits per heavy atom. The van der Waals surface area contributed by atoms with Crippen molar-refractivity contribution in [1.82, 2.24) is 0 Å². The zero-order valence-electron chi connectivity index (χ0n) is 16.2. The van der Waals surface area contributed by atoms with Crippen molar-refractivity contribution in [3.63, 3.8) is 0 Å². The smallest absolute Gasteiger partial charge is 0.336 e. The Morgan fingerprint density at radius 1 is 1.38 bits per heavy atom. The van der Waals surface area contributed by atoms with Gasteiger partial charge in [-0.1, -0.05) is 25.8 Å². The van der Waals surface area contributed by atoms with Gasteiger partial charge in [0.05, 0.1) is 18.1 Å². The average molecular weight is 404 g/mol. The van der Waals surface area contributed by atoms with Gasteiger partial charge in [0.25, 0.3) is 0 Å². The standard InChI is InChI=1S/C21H24O8/c1-6-21(10-27-14(5)24)7-15(28-19(25)12(3)9-23)16-13(4)20(26)29-18(16)17(21)11(2)8-22/h6,8,15-18,23H,1-4,7,9-10H2,5H3. The minimum atomic E-state index is -1.10. The van der Waals surface area contributed by atoms with Crippen LogP contribution in [-0.2, 0) is 33.4 Å². The van der Waals surface area contributed by atoms with Gasteiger partial charge in [-0.15, -0.1) is 6.58 Å². The summed E-state index contributed by atoms with van der Waals surface area (Å²) in [6.45, 7) is 15.2. The van der Waals surface area contributed by atoms with Crippen LogP contribution >= 0.6 is 0 Å². The Bertz CT molecular complexity index is 795. The molecule has 1 aliphatic carbocycles. The SMILES string of the molecule is C=CC1(COC(C)=O)CC(OC(=O)C(=C)CO)C2C(=C)C(=O)OC2C1C(=C)C=O. The van der Waals surface area contributed by atoms with Crippen molar-refractivity contribution in [2.24, 2.45) is 17.3 Å². The first-order valence-corrected chi connectivity index (χ1v) is 8.92. The number of hydrogen-bond acceptors (Lipinski definition) is 8. The lowest BCUT2D eigenvalue weighted by molar-refractivity contribution is -0.168. The molecule has 0 aromatic heterocycles. The summed E-state index contributed by atoms with van der Waals surface area (Å²) in [6, 6.07) is 0. The molecular weight excluding hydrogens is 380 g/mol. The molecule has 2 fully saturated rings. The average Bonchev–Trinajstić information content (AvgIpc) is 2.99. The summed E-state index contributed by atoms with van der Waals surface area (Å²) in [6.07, 6.45) is 0.252. The van der Waals surface area contributed by atoms with E-state index in [-0.39, 0.29) is 29.7 Å². The fraction of sp³-hybridized carbons (Fsp3) is 0.429. The van der Waals surface area contributed by atoms with Crippen molar-refractivity contribution >= 4 is 24.2 Å². The van der Waals surface area contributed by atoms with E-state index in [1.807, 2.05) is 0 Å². The molecule has 8 nitrogen and oxygen atoms in total. The van der Waals surface area contributed by atoms with Crippen molar-refractivity contribution in [2.45, 2.75) is 25.6 Å². The Morgan fingerprint density at radius 3 is 2.55 bits per heavy atom. The number of aliphatic hydroxyl groups is 1. The first-order chi connectivity index (χ1) is 13.6. The van der Waals surface area contributed by atoms with E-state index in [2.05, 4.69) is 26.3 Å². The number of esters is 3. The van der Waals surface area contributed by atoms with Gasteiger partial charge in [-0.3, -0.25) is 9.59 Å². The number of hydrogen-bond donors (Lipinski definition) is 1. The lowest BCUT2D eigenvalue weighted by Gasteiger charge is -2.49. The second-order valence-corrected chi connectivity index (χ2v) is 7.22. The zero-order valence-corrected chi connectivity index (χ0v) is 16.2. The Kier molecular flexibility index (Phi) is 6.58. The summed E-state index contributed by atoms with van der Waals surface area (Å²) in [7, 11) is 0. The lowest BCUT2D eigenvalue weighted by Crippen LogP contribution is -2.54. The third-order valence-corrected chi connectivity index (χ3v) is 5.43. The van der Waals surface area contributed by atoms with E-state index in [1.54, 1.807) is 0 Å². The molecule has 8 heteroatoms. The second kappa shape index (κ2) is 8.57. The first-order valence-electron chi connectivity index (χ1n) is 8.92. The third-order valence-electron chi connectivity index (χ3n) is 5.43. The van der Waals surface area contributed by atoms with Crippen LogP contribution in [-0.4, -0.2) is 54.7 Å². The lowest BCUT2D eigenvalue weighted by atomic mass is 9.58. The topological polar surface area (TPSA) is 116 Å². The van der Waals surface area contributed by atoms with E-state index in [4.69, 9.17) is 19.3 Å². The number of rotatable bonds is 8. The fourth-order valence-electron chi connectivity index (χ4n) is 3.98. The summed E-state index contributed by atoms with van der Waals surface area (Å²) in [4.78, 5) is 47.5. The highest BCUT2D eigenvalue weighted by Gasteiger charge is 2.60. The molecule has 1 N–H and O–H groups in total. The maximum absolute atomic E-state index is 12.2. The molecular formula is C21H24O8. The Hall–Kier alpha value is -3.00. The van der Waals surface area contributed by atoms with E-state index in [9.17, 15) is 19.2 Å². The largest absolute Gasteiger partial charge is 0.465 e. The number of carbonyl (C=O) groups excluding carboxylic acids is 4. The molecule has 0 aromatic carbocycles. The maximum Gasteiger partial charge on any atom is 0.336 e. The number of aldehydes is 1. The molecule has 156 valence electrons. The zero-order chi connectivity index (χ0) is 21.9. The summed E-state index contributed by atoms with van der Waals surface area (Å²) in [5.41, 5.74) is -1.04. The van der Waals surface area contributed by atoms with E-state index in [0.717, 1.165) is 0 Å². The molecule has 5 atom stereocenters. The normalized spacial score (nSPS) is 30.6. The molecule has 1 heterocycles. The van der Waals surface area contributed by atoms with Gasteiger partial charge in [0.2, 0.25) is 0 Å². The van der Waals surface area contributed by atoms with Gasteiger partial charge >= 0.3 is 17.9 Å². The van der Waals surface area contributed by atoms with Crippen molar-refractivity contribution < 1.29 is 38.5 Å². The molecule has 2 aliphatic rings. The van der Waals surface area contributed by atoms with Crippen LogP contribution in [0.5, 0.6) is 0 Å². The van der Waals surface area contributed by atoms with Crippen molar-refractivity contribution in [1.29, 1.82) is 0 Å². The molecule has 0 spiro atoms. The molecule has 0 amide bonds. The minimum absolute atomic E-state index is 0.0581. The van der Waals surface area contributed by atoms with Crippen LogP contribution < -0.4 is 0 Å². The highest BCUT2D eigenvalue weighted by atomic mass is 16.6. The number of ether oxygens (including phenoxy) is 3. The van der Waals surface area contributed by atoms with Crippen molar-refractivity contribution in [3.8, 4) is 0 Å². The van der Waals surface area contributed by atoms with Gasteiger partial charge in [0, 0.05) is 23.8 Å². The van der Waals surface area contributed by atoms with Gasteiger partial charge < -0.3 is 19.3 Å². The van der Waals surface area contributed by atoms with E-state index in [0.29, 0.717) is 6.29 Å². The molecule has 1 aliphatic heterocycles. The minimum Gasteiger partial charge on any atom is -0.465 e. The van der Waals surface area contributed by atoms with Crippen LogP contribution in [0, 0.1) is 17.3 Å². The summed E-state index contributed by atoms with van der Waals surface area (Å²) >= 11 is 0. The number of carbonyl (C=O) groups is 4. The number of fused-ring (bicyclic) bond motifs is 1. The van der Waals surface area contributed by atoms with E-state index in [1.165, 1.54) is 13.0 Å². The molecule has 0 radical (unpaired) electrons. The summed E-state index contributed by atoms with van der Waals surface area (Å²) in [5, 5.41) is 9.14. The van der Waals surface area contributed by atoms with Crippen LogP contribution in [0.2, 0.25) is 0 Å². The second-order valence-electron chi connectivity index (χ2n) is 7.22. The Balaban J connectivity index is 2.54. The van der Waals surface area contributed by atoms with Crippen LogP contribution in [0.15, 0.2) is 49.1 Å². The molecule has 2 rings (SSSR count). The molecule has 0 bridgehead atoms. The van der Waals surface area contributed by atoms with E-state index >= 15 is 0 Å². The van der Waals surface area contributed by atoms with Gasteiger partial charge in [-0.2, -0.15) is 0 Å². The highest BCUT2D eigenvalue weighted by Crippen LogP contribution is 2.53. The van der Waals surface area contributed by atoms with Crippen LogP contribution in [0.25, 0.3) is 0 Å². The molecule has 0 aromatic rings. The quantitative estimate of drug-likeness (QED) is 0.210. The fourth-order valence-corrected chi connectivity index (χ4v) is 3.98. The maximum atomic E-state index is 12.2. The van der Waals surface area contributed by atoms with Gasteiger partial charge in [0.15, 0.2) is 0 Å². The molecule has 1 saturated heterocycles. The van der Waals surface area contributed by atoms with Crippen LogP contribution in [0.3, 0.4) is 0 Å². The van der Waals surface area contributed by atoms with Crippen molar-refractivity contribution in [3.05, 3.63) is 49.1 Å².